The summed E-state index contributed by atoms with van der Waals surface area (Å²) in [6.45, 7) is 3.58. The first-order valence-electron chi connectivity index (χ1n) is 4.31. The topological polar surface area (TPSA) is 46.2 Å². The summed E-state index contributed by atoms with van der Waals surface area (Å²) in [6, 6.07) is 2.44. The predicted molar refractivity (Wildman–Crippen MR) is 57.3 cm³/mol. The van der Waals surface area contributed by atoms with Crippen LogP contribution in [0.25, 0.3) is 0 Å². The van der Waals surface area contributed by atoms with Gasteiger partial charge in [-0.15, -0.1) is 12.4 Å². The molecule has 2 nitrogen and oxygen atoms in total. The molecule has 0 aliphatic carbocycles. The number of phenolic OH excluding ortho intramolecular Hbond substituents is 1. The van der Waals surface area contributed by atoms with E-state index >= 15 is 0 Å². The molecule has 3 N–H and O–H groups in total. The smallest absolute Gasteiger partial charge is 0.131 e. The van der Waals surface area contributed by atoms with Gasteiger partial charge in [-0.2, -0.15) is 0 Å². The lowest BCUT2D eigenvalue weighted by molar-refractivity contribution is 0.443. The zero-order valence-electron chi connectivity index (χ0n) is 8.25. The van der Waals surface area contributed by atoms with E-state index in [4.69, 9.17) is 5.73 Å². The Balaban J connectivity index is 0.00000169. The van der Waals surface area contributed by atoms with Gasteiger partial charge in [0, 0.05) is 11.6 Å². The van der Waals surface area contributed by atoms with E-state index in [0.29, 0.717) is 12.0 Å². The minimum absolute atomic E-state index is 0. The van der Waals surface area contributed by atoms with Gasteiger partial charge < -0.3 is 10.8 Å². The van der Waals surface area contributed by atoms with Crippen LogP contribution in [-0.4, -0.2) is 5.11 Å². The summed E-state index contributed by atoms with van der Waals surface area (Å²) in [7, 11) is 0. The summed E-state index contributed by atoms with van der Waals surface area (Å²) < 4.78 is 13.2. The number of benzene rings is 1. The molecule has 0 saturated heterocycles. The Kier molecular flexibility index (Phi) is 4.88. The Bertz CT molecular complexity index is 317. The third-order valence-electron chi connectivity index (χ3n) is 2.18. The molecule has 4 heteroatoms. The first-order valence-corrected chi connectivity index (χ1v) is 4.31. The van der Waals surface area contributed by atoms with E-state index in [0.717, 1.165) is 0 Å². The fourth-order valence-electron chi connectivity index (χ4n) is 1.25. The Labute approximate surface area is 89.3 Å². The van der Waals surface area contributed by atoms with Crippen molar-refractivity contribution in [3.05, 3.63) is 29.1 Å². The maximum absolute atomic E-state index is 13.2. The number of nitrogens with two attached hydrogens (primary N) is 1. The summed E-state index contributed by atoms with van der Waals surface area (Å²) in [6.07, 6.45) is 0.605. The van der Waals surface area contributed by atoms with Gasteiger partial charge in [0.25, 0.3) is 0 Å². The van der Waals surface area contributed by atoms with Gasteiger partial charge in [-0.1, -0.05) is 13.0 Å². The molecule has 0 aromatic heterocycles. The minimum Gasteiger partial charge on any atom is -0.507 e. The van der Waals surface area contributed by atoms with Crippen molar-refractivity contribution in [2.75, 3.05) is 0 Å². The van der Waals surface area contributed by atoms with Crippen LogP contribution < -0.4 is 5.73 Å². The number of hydrogen-bond donors (Lipinski definition) is 2. The van der Waals surface area contributed by atoms with E-state index in [1.165, 1.54) is 12.1 Å². The van der Waals surface area contributed by atoms with Crippen LogP contribution in [0.15, 0.2) is 12.1 Å². The molecule has 0 aliphatic heterocycles. The van der Waals surface area contributed by atoms with Crippen molar-refractivity contribution < 1.29 is 9.50 Å². The SMILES string of the molecule is CC[C@@H](N)c1c(F)ccc(C)c1O.Cl. The maximum Gasteiger partial charge on any atom is 0.131 e. The molecule has 14 heavy (non-hydrogen) atoms. The lowest BCUT2D eigenvalue weighted by Gasteiger charge is -2.13. The van der Waals surface area contributed by atoms with Crippen LogP contribution in [0.2, 0.25) is 0 Å². The Morgan fingerprint density at radius 3 is 2.57 bits per heavy atom. The van der Waals surface area contributed by atoms with Crippen molar-refractivity contribution >= 4 is 12.4 Å². The van der Waals surface area contributed by atoms with Gasteiger partial charge in [-0.05, 0) is 25.0 Å². The molecular formula is C10H15ClFNO. The molecule has 1 aromatic rings. The number of aryl methyl sites for hydroxylation is 1. The minimum atomic E-state index is -0.433. The Morgan fingerprint density at radius 1 is 1.50 bits per heavy atom. The second-order valence-corrected chi connectivity index (χ2v) is 3.14. The molecule has 0 unspecified atom stereocenters. The van der Waals surface area contributed by atoms with Crippen molar-refractivity contribution in [3.8, 4) is 5.75 Å². The van der Waals surface area contributed by atoms with Crippen molar-refractivity contribution in [1.29, 1.82) is 0 Å². The van der Waals surface area contributed by atoms with Crippen molar-refractivity contribution in [2.45, 2.75) is 26.3 Å². The van der Waals surface area contributed by atoms with E-state index in [1.807, 2.05) is 6.92 Å². The monoisotopic (exact) mass is 219 g/mol. The molecule has 0 heterocycles. The molecule has 0 aliphatic rings. The summed E-state index contributed by atoms with van der Waals surface area (Å²) >= 11 is 0. The van der Waals surface area contributed by atoms with E-state index in [1.54, 1.807) is 6.92 Å². The predicted octanol–water partition coefficient (Wildman–Crippen LogP) is 2.67. The molecule has 0 spiro atoms. The number of hydrogen-bond acceptors (Lipinski definition) is 2. The van der Waals surface area contributed by atoms with Crippen LogP contribution in [0, 0.1) is 12.7 Å². The maximum atomic E-state index is 13.2. The number of halogens is 2. The summed E-state index contributed by atoms with van der Waals surface area (Å²) in [5.74, 6) is -0.452. The van der Waals surface area contributed by atoms with Gasteiger partial charge in [0.05, 0.1) is 0 Å². The average Bonchev–Trinajstić information content (AvgIpc) is 2.12. The van der Waals surface area contributed by atoms with Crippen molar-refractivity contribution in [1.82, 2.24) is 0 Å². The van der Waals surface area contributed by atoms with Crippen LogP contribution in [0.5, 0.6) is 5.75 Å². The molecular weight excluding hydrogens is 205 g/mol. The molecule has 1 aromatic carbocycles. The largest absolute Gasteiger partial charge is 0.507 e. The molecule has 1 atom stereocenters. The third-order valence-corrected chi connectivity index (χ3v) is 2.18. The summed E-state index contributed by atoms with van der Waals surface area (Å²) in [4.78, 5) is 0. The second-order valence-electron chi connectivity index (χ2n) is 3.14. The zero-order valence-corrected chi connectivity index (χ0v) is 9.07. The van der Waals surface area contributed by atoms with E-state index in [2.05, 4.69) is 0 Å². The molecule has 80 valence electrons. The lowest BCUT2D eigenvalue weighted by Crippen LogP contribution is -2.11. The summed E-state index contributed by atoms with van der Waals surface area (Å²) in [5.41, 5.74) is 6.54. The van der Waals surface area contributed by atoms with Gasteiger partial charge in [-0.3, -0.25) is 0 Å². The molecule has 0 saturated carbocycles. The van der Waals surface area contributed by atoms with Crippen molar-refractivity contribution in [3.63, 3.8) is 0 Å². The van der Waals surface area contributed by atoms with Crippen LogP contribution in [0.3, 0.4) is 0 Å². The zero-order chi connectivity index (χ0) is 10.0. The first-order chi connectivity index (χ1) is 6.07. The van der Waals surface area contributed by atoms with Gasteiger partial charge in [0.15, 0.2) is 0 Å². The highest BCUT2D eigenvalue weighted by Crippen LogP contribution is 2.30. The van der Waals surface area contributed by atoms with Crippen molar-refractivity contribution in [2.24, 2.45) is 5.73 Å². The quantitative estimate of drug-likeness (QED) is 0.804. The van der Waals surface area contributed by atoms with Crippen LogP contribution in [-0.2, 0) is 0 Å². The van der Waals surface area contributed by atoms with Crippen LogP contribution >= 0.6 is 12.4 Å². The number of aromatic hydroxyl groups is 1. The van der Waals surface area contributed by atoms with Gasteiger partial charge in [0.2, 0.25) is 0 Å². The van der Waals surface area contributed by atoms with Gasteiger partial charge in [-0.25, -0.2) is 4.39 Å². The highest BCUT2D eigenvalue weighted by molar-refractivity contribution is 5.85. The highest BCUT2D eigenvalue weighted by Gasteiger charge is 2.15. The fourth-order valence-corrected chi connectivity index (χ4v) is 1.25. The highest BCUT2D eigenvalue weighted by atomic mass is 35.5. The number of rotatable bonds is 2. The average molecular weight is 220 g/mol. The Hall–Kier alpha value is -0.800. The van der Waals surface area contributed by atoms with Crippen LogP contribution in [0.1, 0.15) is 30.5 Å². The number of phenols is 1. The molecule has 0 amide bonds. The fraction of sp³-hybridized carbons (Fsp3) is 0.400. The third kappa shape index (κ3) is 2.36. The standard InChI is InChI=1S/C10H14FNO.ClH/c1-3-8(12)9-7(11)5-4-6(2)10(9)13;/h4-5,8,13H,3,12H2,1-2H3;1H/t8-;/m1./s1. The van der Waals surface area contributed by atoms with E-state index in [-0.39, 0.29) is 23.7 Å². The van der Waals surface area contributed by atoms with E-state index in [9.17, 15) is 9.50 Å². The van der Waals surface area contributed by atoms with Gasteiger partial charge >= 0.3 is 0 Å². The molecule has 0 bridgehead atoms. The first kappa shape index (κ1) is 13.2. The lowest BCUT2D eigenvalue weighted by atomic mass is 10.0. The Morgan fingerprint density at radius 2 is 2.07 bits per heavy atom. The van der Waals surface area contributed by atoms with E-state index < -0.39 is 11.9 Å². The second kappa shape index (κ2) is 5.17. The van der Waals surface area contributed by atoms with Gasteiger partial charge in [0.1, 0.15) is 11.6 Å². The van der Waals surface area contributed by atoms with Crippen LogP contribution in [0.4, 0.5) is 4.39 Å². The molecule has 0 fully saturated rings. The molecule has 0 radical (unpaired) electrons. The summed E-state index contributed by atoms with van der Waals surface area (Å²) in [5, 5.41) is 9.56. The normalized spacial score (nSPS) is 12.0. The molecule has 1 rings (SSSR count).